The van der Waals surface area contributed by atoms with Crippen molar-refractivity contribution in [3.63, 3.8) is 0 Å². The van der Waals surface area contributed by atoms with Gasteiger partial charge in [-0.05, 0) is 37.7 Å². The number of rotatable bonds is 5. The number of aromatic nitrogens is 4. The minimum atomic E-state index is 0.235. The molecule has 0 atom stereocenters. The molecule has 6 heteroatoms. The second-order valence-corrected chi connectivity index (χ2v) is 7.57. The monoisotopic (exact) mass is 365 g/mol. The van der Waals surface area contributed by atoms with Gasteiger partial charge in [0.15, 0.2) is 0 Å². The molecule has 1 aliphatic heterocycles. The van der Waals surface area contributed by atoms with E-state index < -0.39 is 0 Å². The van der Waals surface area contributed by atoms with Crippen LogP contribution in [-0.4, -0.2) is 43.5 Å². The summed E-state index contributed by atoms with van der Waals surface area (Å²) in [6.07, 6.45) is 5.63. The first kappa shape index (κ1) is 17.8. The van der Waals surface area contributed by atoms with Gasteiger partial charge in [-0.3, -0.25) is 14.2 Å². The molecule has 1 fully saturated rings. The molecule has 0 spiro atoms. The molecule has 4 rings (SSSR count). The predicted molar refractivity (Wildman–Crippen MR) is 105 cm³/mol. The Labute approximate surface area is 159 Å². The summed E-state index contributed by atoms with van der Waals surface area (Å²) in [6, 6.07) is 10.7. The molecule has 6 nitrogen and oxygen atoms in total. The van der Waals surface area contributed by atoms with Gasteiger partial charge in [-0.1, -0.05) is 30.3 Å². The van der Waals surface area contributed by atoms with E-state index in [4.69, 9.17) is 0 Å². The Bertz CT molecular complexity index is 919. The van der Waals surface area contributed by atoms with E-state index in [9.17, 15) is 4.79 Å². The molecule has 3 heterocycles. The lowest BCUT2D eigenvalue weighted by Gasteiger charge is -2.32. The summed E-state index contributed by atoms with van der Waals surface area (Å²) in [5.41, 5.74) is 4.41. The Kier molecular flexibility index (Phi) is 4.97. The number of likely N-dealkylation sites (tertiary alicyclic amines) is 1. The van der Waals surface area contributed by atoms with Gasteiger partial charge in [0.05, 0.1) is 18.4 Å². The molecule has 0 bridgehead atoms. The van der Waals surface area contributed by atoms with Crippen molar-refractivity contribution in [2.24, 2.45) is 13.0 Å². The van der Waals surface area contributed by atoms with Gasteiger partial charge in [0.1, 0.15) is 11.0 Å². The Morgan fingerprint density at radius 1 is 1.19 bits per heavy atom. The van der Waals surface area contributed by atoms with Gasteiger partial charge in [-0.2, -0.15) is 10.2 Å². The van der Waals surface area contributed by atoms with Crippen molar-refractivity contribution in [3.05, 3.63) is 47.8 Å². The van der Waals surface area contributed by atoms with Gasteiger partial charge in [-0.25, -0.2) is 0 Å². The number of carbonyl (C=O) groups is 1. The van der Waals surface area contributed by atoms with Crippen molar-refractivity contribution >= 4 is 16.9 Å². The quantitative estimate of drug-likeness (QED) is 0.698. The average molecular weight is 365 g/mol. The number of fused-ring (bicyclic) bond motifs is 1. The van der Waals surface area contributed by atoms with E-state index in [1.54, 1.807) is 0 Å². The molecule has 0 radical (unpaired) electrons. The first-order chi connectivity index (χ1) is 13.1. The lowest BCUT2D eigenvalue weighted by molar-refractivity contribution is -0.132. The first-order valence-electron chi connectivity index (χ1n) is 9.78. The number of hydrogen-bond donors (Lipinski definition) is 0. The number of benzene rings is 1. The van der Waals surface area contributed by atoms with E-state index in [0.29, 0.717) is 18.9 Å². The van der Waals surface area contributed by atoms with Gasteiger partial charge >= 0.3 is 0 Å². The van der Waals surface area contributed by atoms with Crippen molar-refractivity contribution in [1.82, 2.24) is 24.5 Å². The molecule has 1 saturated heterocycles. The standard InChI is InChI=1S/C21H27N5O/c1-16-21-19(24(2)23-16)15-22-26(21)13-10-20(27)25-11-8-18(9-12-25)14-17-6-4-3-5-7-17/h3-7,15,18H,8-14H2,1-2H3. The van der Waals surface area contributed by atoms with E-state index in [0.717, 1.165) is 49.1 Å². The van der Waals surface area contributed by atoms with Crippen LogP contribution >= 0.6 is 0 Å². The highest BCUT2D eigenvalue weighted by atomic mass is 16.2. The van der Waals surface area contributed by atoms with Crippen molar-refractivity contribution in [2.45, 2.75) is 39.2 Å². The average Bonchev–Trinajstić information content (AvgIpc) is 3.23. The molecule has 0 N–H and O–H groups in total. The first-order valence-corrected chi connectivity index (χ1v) is 9.78. The fourth-order valence-electron chi connectivity index (χ4n) is 4.17. The summed E-state index contributed by atoms with van der Waals surface area (Å²) in [4.78, 5) is 14.7. The minimum Gasteiger partial charge on any atom is -0.343 e. The molecule has 3 aromatic rings. The molecule has 1 aliphatic rings. The van der Waals surface area contributed by atoms with E-state index in [-0.39, 0.29) is 5.91 Å². The normalized spacial score (nSPS) is 15.6. The maximum Gasteiger partial charge on any atom is 0.224 e. The van der Waals surface area contributed by atoms with Crippen LogP contribution in [-0.2, 0) is 24.8 Å². The molecular formula is C21H27N5O. The van der Waals surface area contributed by atoms with Crippen molar-refractivity contribution in [1.29, 1.82) is 0 Å². The summed E-state index contributed by atoms with van der Waals surface area (Å²) in [6.45, 7) is 4.34. The summed E-state index contributed by atoms with van der Waals surface area (Å²) < 4.78 is 3.76. The maximum atomic E-state index is 12.6. The van der Waals surface area contributed by atoms with Crippen LogP contribution in [0.4, 0.5) is 0 Å². The number of amides is 1. The Balaban J connectivity index is 1.29. The number of piperidine rings is 1. The number of hydrogen-bond acceptors (Lipinski definition) is 3. The van der Waals surface area contributed by atoms with Crippen LogP contribution in [0.3, 0.4) is 0 Å². The molecule has 0 aliphatic carbocycles. The number of nitrogens with zero attached hydrogens (tertiary/aromatic N) is 5. The molecule has 27 heavy (non-hydrogen) atoms. The lowest BCUT2D eigenvalue weighted by atomic mass is 9.90. The maximum absolute atomic E-state index is 12.6. The highest BCUT2D eigenvalue weighted by molar-refractivity contribution is 5.78. The molecule has 1 aromatic carbocycles. The lowest BCUT2D eigenvalue weighted by Crippen LogP contribution is -2.39. The fraction of sp³-hybridized carbons (Fsp3) is 0.476. The second kappa shape index (κ2) is 7.55. The Hall–Kier alpha value is -2.63. The summed E-state index contributed by atoms with van der Waals surface area (Å²) >= 11 is 0. The fourth-order valence-corrected chi connectivity index (χ4v) is 4.17. The van der Waals surface area contributed by atoms with Crippen LogP contribution in [0.5, 0.6) is 0 Å². The SMILES string of the molecule is Cc1nn(C)c2cnn(CCC(=O)N3CCC(Cc4ccccc4)CC3)c12. The van der Waals surface area contributed by atoms with Crippen LogP contribution in [0.25, 0.3) is 11.0 Å². The number of carbonyl (C=O) groups excluding carboxylic acids is 1. The zero-order chi connectivity index (χ0) is 18.8. The highest BCUT2D eigenvalue weighted by Crippen LogP contribution is 2.22. The van der Waals surface area contributed by atoms with E-state index >= 15 is 0 Å². The molecule has 0 unspecified atom stereocenters. The largest absolute Gasteiger partial charge is 0.343 e. The van der Waals surface area contributed by atoms with Gasteiger partial charge in [0.2, 0.25) is 5.91 Å². The van der Waals surface area contributed by atoms with E-state index in [2.05, 4.69) is 40.5 Å². The molecule has 1 amide bonds. The highest BCUT2D eigenvalue weighted by Gasteiger charge is 2.23. The van der Waals surface area contributed by atoms with E-state index in [1.807, 2.05) is 34.4 Å². The van der Waals surface area contributed by atoms with Crippen molar-refractivity contribution < 1.29 is 4.79 Å². The van der Waals surface area contributed by atoms with Crippen molar-refractivity contribution in [3.8, 4) is 0 Å². The Morgan fingerprint density at radius 2 is 1.93 bits per heavy atom. The smallest absolute Gasteiger partial charge is 0.224 e. The summed E-state index contributed by atoms with van der Waals surface area (Å²) in [5, 5.41) is 8.87. The van der Waals surface area contributed by atoms with Gasteiger partial charge < -0.3 is 4.90 Å². The third-order valence-electron chi connectivity index (χ3n) is 5.68. The molecular weight excluding hydrogens is 338 g/mol. The Morgan fingerprint density at radius 3 is 2.67 bits per heavy atom. The second-order valence-electron chi connectivity index (χ2n) is 7.57. The van der Waals surface area contributed by atoms with Crippen LogP contribution in [0.15, 0.2) is 36.5 Å². The van der Waals surface area contributed by atoms with Crippen LogP contribution in [0.2, 0.25) is 0 Å². The zero-order valence-electron chi connectivity index (χ0n) is 16.1. The van der Waals surface area contributed by atoms with Crippen LogP contribution in [0.1, 0.15) is 30.5 Å². The van der Waals surface area contributed by atoms with Crippen LogP contribution < -0.4 is 0 Å². The summed E-state index contributed by atoms with van der Waals surface area (Å²) in [7, 11) is 1.92. The number of aryl methyl sites for hydroxylation is 3. The molecule has 2 aromatic heterocycles. The summed E-state index contributed by atoms with van der Waals surface area (Å²) in [5.74, 6) is 0.915. The third kappa shape index (κ3) is 3.75. The zero-order valence-corrected chi connectivity index (χ0v) is 16.1. The van der Waals surface area contributed by atoms with Gasteiger partial charge in [0.25, 0.3) is 0 Å². The van der Waals surface area contributed by atoms with Crippen molar-refractivity contribution in [2.75, 3.05) is 13.1 Å². The van der Waals surface area contributed by atoms with Gasteiger partial charge in [-0.15, -0.1) is 0 Å². The molecule has 0 saturated carbocycles. The van der Waals surface area contributed by atoms with E-state index in [1.165, 1.54) is 5.56 Å². The predicted octanol–water partition coefficient (Wildman–Crippen LogP) is 2.95. The molecule has 142 valence electrons. The van der Waals surface area contributed by atoms with Crippen LogP contribution in [0, 0.1) is 12.8 Å². The third-order valence-corrected chi connectivity index (χ3v) is 5.68. The topological polar surface area (TPSA) is 56.0 Å². The van der Waals surface area contributed by atoms with Gasteiger partial charge in [0, 0.05) is 26.6 Å². The minimum absolute atomic E-state index is 0.235.